The summed E-state index contributed by atoms with van der Waals surface area (Å²) in [4.78, 5) is 0. The van der Waals surface area contributed by atoms with Gasteiger partial charge in [-0.05, 0) is 37.6 Å². The van der Waals surface area contributed by atoms with Crippen molar-refractivity contribution in [3.05, 3.63) is 24.3 Å². The fourth-order valence-electron chi connectivity index (χ4n) is 2.93. The lowest BCUT2D eigenvalue weighted by atomic mass is 9.83. The van der Waals surface area contributed by atoms with Gasteiger partial charge in [-0.2, -0.15) is 0 Å². The Bertz CT molecular complexity index is 229. The molecule has 1 heteroatoms. The van der Waals surface area contributed by atoms with Crippen molar-refractivity contribution >= 4 is 0 Å². The van der Waals surface area contributed by atoms with Gasteiger partial charge < -0.3 is 5.32 Å². The van der Waals surface area contributed by atoms with Gasteiger partial charge in [0, 0.05) is 6.04 Å². The number of nitrogens with one attached hydrogen (secondary N) is 1. The van der Waals surface area contributed by atoms with Gasteiger partial charge >= 0.3 is 0 Å². The molecule has 1 nitrogen and oxygen atoms in total. The summed E-state index contributed by atoms with van der Waals surface area (Å²) in [7, 11) is 0. The molecule has 0 spiro atoms. The molecule has 1 unspecified atom stereocenters. The fourth-order valence-corrected chi connectivity index (χ4v) is 2.93. The van der Waals surface area contributed by atoms with Crippen LogP contribution in [0.5, 0.6) is 0 Å². The van der Waals surface area contributed by atoms with Crippen LogP contribution in [0, 0.1) is 11.8 Å². The third kappa shape index (κ3) is 2.09. The second kappa shape index (κ2) is 4.79. The van der Waals surface area contributed by atoms with Gasteiger partial charge in [0.15, 0.2) is 0 Å². The number of hydrogen-bond acceptors (Lipinski definition) is 1. The van der Waals surface area contributed by atoms with Crippen LogP contribution < -0.4 is 5.32 Å². The van der Waals surface area contributed by atoms with Crippen LogP contribution in [-0.4, -0.2) is 12.6 Å². The number of hydrogen-bond donors (Lipinski definition) is 1. The molecular weight excluding hydrogens is 170 g/mol. The lowest BCUT2D eigenvalue weighted by Gasteiger charge is -2.27. The molecule has 0 aromatic carbocycles. The van der Waals surface area contributed by atoms with Crippen molar-refractivity contribution < 1.29 is 0 Å². The molecule has 3 atom stereocenters. The Morgan fingerprint density at radius 2 is 2.21 bits per heavy atom. The van der Waals surface area contributed by atoms with Gasteiger partial charge in [0.05, 0.1) is 0 Å². The van der Waals surface area contributed by atoms with E-state index in [9.17, 15) is 0 Å². The van der Waals surface area contributed by atoms with E-state index in [1.807, 2.05) is 0 Å². The maximum absolute atomic E-state index is 3.63. The van der Waals surface area contributed by atoms with E-state index in [-0.39, 0.29) is 0 Å². The molecule has 1 fully saturated rings. The summed E-state index contributed by atoms with van der Waals surface area (Å²) in [5.74, 6) is 1.68. The lowest BCUT2D eigenvalue weighted by molar-refractivity contribution is 0.325. The standard InChI is InChI=1S/C13H21N/c1-2-14-13-10-6-9-12(13)11-7-4-3-5-8-11/h3-5,7,11-14H,2,6,8-10H2,1H3/t11?,12-,13-/m1/s1. The van der Waals surface area contributed by atoms with Gasteiger partial charge in [-0.3, -0.25) is 0 Å². The Hall–Kier alpha value is -0.560. The molecule has 2 aliphatic carbocycles. The van der Waals surface area contributed by atoms with Crippen LogP contribution in [0.15, 0.2) is 24.3 Å². The molecule has 0 radical (unpaired) electrons. The predicted octanol–water partition coefficient (Wildman–Crippen LogP) is 2.90. The van der Waals surface area contributed by atoms with E-state index in [1.165, 1.54) is 25.7 Å². The molecule has 0 aromatic heterocycles. The molecule has 14 heavy (non-hydrogen) atoms. The molecule has 0 saturated heterocycles. The molecule has 0 aliphatic heterocycles. The highest BCUT2D eigenvalue weighted by Crippen LogP contribution is 2.35. The Kier molecular flexibility index (Phi) is 3.41. The topological polar surface area (TPSA) is 12.0 Å². The van der Waals surface area contributed by atoms with Crippen LogP contribution in [0.1, 0.15) is 32.6 Å². The van der Waals surface area contributed by atoms with Crippen LogP contribution in [0.3, 0.4) is 0 Å². The predicted molar refractivity (Wildman–Crippen MR) is 61.2 cm³/mol. The van der Waals surface area contributed by atoms with Crippen molar-refractivity contribution in [1.29, 1.82) is 0 Å². The molecule has 0 heterocycles. The zero-order valence-electron chi connectivity index (χ0n) is 9.08. The van der Waals surface area contributed by atoms with Gasteiger partial charge in [0.1, 0.15) is 0 Å². The van der Waals surface area contributed by atoms with Gasteiger partial charge in [0.25, 0.3) is 0 Å². The average Bonchev–Trinajstić information content (AvgIpc) is 2.68. The van der Waals surface area contributed by atoms with Gasteiger partial charge in [-0.15, -0.1) is 0 Å². The molecule has 0 bridgehead atoms. The van der Waals surface area contributed by atoms with E-state index in [2.05, 4.69) is 36.5 Å². The summed E-state index contributed by atoms with van der Waals surface area (Å²) < 4.78 is 0. The van der Waals surface area contributed by atoms with E-state index >= 15 is 0 Å². The quantitative estimate of drug-likeness (QED) is 0.723. The monoisotopic (exact) mass is 191 g/mol. The summed E-state index contributed by atoms with van der Waals surface area (Å²) >= 11 is 0. The SMILES string of the molecule is CCN[C@@H]1CCC[C@@H]1C1C=CC=CC1. The Morgan fingerprint density at radius 3 is 2.93 bits per heavy atom. The first kappa shape index (κ1) is 9.97. The van der Waals surface area contributed by atoms with Gasteiger partial charge in [-0.1, -0.05) is 37.6 Å². The fraction of sp³-hybridized carbons (Fsp3) is 0.692. The molecule has 0 aromatic rings. The summed E-state index contributed by atoms with van der Waals surface area (Å²) in [5.41, 5.74) is 0. The Morgan fingerprint density at radius 1 is 1.29 bits per heavy atom. The van der Waals surface area contributed by atoms with Gasteiger partial charge in [-0.25, -0.2) is 0 Å². The summed E-state index contributed by atoms with van der Waals surface area (Å²) in [5, 5.41) is 3.63. The van der Waals surface area contributed by atoms with Crippen LogP contribution in [0.4, 0.5) is 0 Å². The second-order valence-corrected chi connectivity index (χ2v) is 4.47. The summed E-state index contributed by atoms with van der Waals surface area (Å²) in [6.45, 7) is 3.33. The molecular formula is C13H21N. The van der Waals surface area contributed by atoms with E-state index in [0.29, 0.717) is 0 Å². The molecule has 1 N–H and O–H groups in total. The molecule has 1 saturated carbocycles. The lowest BCUT2D eigenvalue weighted by Crippen LogP contribution is -2.35. The maximum Gasteiger partial charge on any atom is 0.0101 e. The Labute approximate surface area is 87.3 Å². The van der Waals surface area contributed by atoms with Crippen molar-refractivity contribution in [3.63, 3.8) is 0 Å². The minimum Gasteiger partial charge on any atom is -0.314 e. The van der Waals surface area contributed by atoms with Gasteiger partial charge in [0.2, 0.25) is 0 Å². The first-order chi connectivity index (χ1) is 6.92. The highest BCUT2D eigenvalue weighted by Gasteiger charge is 2.31. The van der Waals surface area contributed by atoms with Crippen LogP contribution >= 0.6 is 0 Å². The number of allylic oxidation sites excluding steroid dienone is 4. The zero-order valence-corrected chi connectivity index (χ0v) is 9.08. The minimum atomic E-state index is 0.779. The second-order valence-electron chi connectivity index (χ2n) is 4.47. The van der Waals surface area contributed by atoms with E-state index in [4.69, 9.17) is 0 Å². The van der Waals surface area contributed by atoms with Crippen molar-refractivity contribution in [1.82, 2.24) is 5.32 Å². The number of rotatable bonds is 3. The van der Waals surface area contributed by atoms with Crippen molar-refractivity contribution in [3.8, 4) is 0 Å². The molecule has 2 aliphatic rings. The van der Waals surface area contributed by atoms with Crippen molar-refractivity contribution in [2.24, 2.45) is 11.8 Å². The smallest absolute Gasteiger partial charge is 0.0101 e. The molecule has 2 rings (SSSR count). The highest BCUT2D eigenvalue weighted by atomic mass is 14.9. The van der Waals surface area contributed by atoms with Crippen LogP contribution in [0.2, 0.25) is 0 Å². The van der Waals surface area contributed by atoms with E-state index in [1.54, 1.807) is 0 Å². The molecule has 78 valence electrons. The van der Waals surface area contributed by atoms with Crippen LogP contribution in [0.25, 0.3) is 0 Å². The maximum atomic E-state index is 3.63. The average molecular weight is 191 g/mol. The summed E-state index contributed by atoms with van der Waals surface area (Å²) in [6.07, 6.45) is 14.6. The third-order valence-corrected chi connectivity index (χ3v) is 3.60. The van der Waals surface area contributed by atoms with Crippen molar-refractivity contribution in [2.45, 2.75) is 38.6 Å². The normalized spacial score (nSPS) is 36.5. The minimum absolute atomic E-state index is 0.779. The van der Waals surface area contributed by atoms with E-state index in [0.717, 1.165) is 24.4 Å². The summed E-state index contributed by atoms with van der Waals surface area (Å²) in [6, 6.07) is 0.779. The highest BCUT2D eigenvalue weighted by molar-refractivity contribution is 5.13. The first-order valence-corrected chi connectivity index (χ1v) is 5.98. The largest absolute Gasteiger partial charge is 0.314 e. The Balaban J connectivity index is 1.95. The molecule has 0 amide bonds. The van der Waals surface area contributed by atoms with Crippen molar-refractivity contribution in [2.75, 3.05) is 6.54 Å². The first-order valence-electron chi connectivity index (χ1n) is 5.98. The van der Waals surface area contributed by atoms with Crippen LogP contribution in [-0.2, 0) is 0 Å². The van der Waals surface area contributed by atoms with E-state index < -0.39 is 0 Å². The zero-order chi connectivity index (χ0) is 9.80. The third-order valence-electron chi connectivity index (χ3n) is 3.60.